The van der Waals surface area contributed by atoms with Crippen LogP contribution in [0.1, 0.15) is 37.7 Å². The molecule has 2 aromatic carbocycles. The smallest absolute Gasteiger partial charge is 0.387 e. The van der Waals surface area contributed by atoms with Gasteiger partial charge in [0.1, 0.15) is 12.1 Å². The Bertz CT molecular complexity index is 1490. The van der Waals surface area contributed by atoms with E-state index in [0.29, 0.717) is 49.1 Å². The number of carbonyl (C=O) groups is 1. The molecule has 3 heterocycles. The fourth-order valence-electron chi connectivity index (χ4n) is 5.10. The Kier molecular flexibility index (Phi) is 7.47. The number of rotatable bonds is 8. The van der Waals surface area contributed by atoms with Crippen LogP contribution >= 0.6 is 0 Å². The van der Waals surface area contributed by atoms with Crippen LogP contribution in [0.3, 0.4) is 0 Å². The average molecular weight is 537 g/mol. The quantitative estimate of drug-likeness (QED) is 0.362. The van der Waals surface area contributed by atoms with Gasteiger partial charge < -0.3 is 19.3 Å². The van der Waals surface area contributed by atoms with Crippen LogP contribution < -0.4 is 10.3 Å². The van der Waals surface area contributed by atoms with Crippen LogP contribution in [0, 0.1) is 0 Å². The number of aliphatic hydroxyl groups is 1. The molecule has 0 radical (unpaired) electrons. The van der Waals surface area contributed by atoms with E-state index in [-0.39, 0.29) is 29.7 Å². The predicted molar refractivity (Wildman–Crippen MR) is 142 cm³/mol. The number of halogens is 2. The maximum Gasteiger partial charge on any atom is 0.387 e. The van der Waals surface area contributed by atoms with Crippen LogP contribution in [0.2, 0.25) is 0 Å². The number of ether oxygens (including phenoxy) is 1. The Labute approximate surface area is 224 Å². The minimum absolute atomic E-state index is 0.0345. The summed E-state index contributed by atoms with van der Waals surface area (Å²) >= 11 is 0. The van der Waals surface area contributed by atoms with Crippen molar-refractivity contribution < 1.29 is 23.4 Å². The zero-order chi connectivity index (χ0) is 27.6. The van der Waals surface area contributed by atoms with Crippen molar-refractivity contribution in [1.29, 1.82) is 0 Å². The molecule has 39 heavy (non-hydrogen) atoms. The summed E-state index contributed by atoms with van der Waals surface area (Å²) in [4.78, 5) is 32.3. The van der Waals surface area contributed by atoms with Crippen molar-refractivity contribution in [1.82, 2.24) is 19.0 Å². The van der Waals surface area contributed by atoms with Crippen LogP contribution in [0.25, 0.3) is 16.7 Å². The number of aromatic nitrogens is 3. The van der Waals surface area contributed by atoms with Crippen molar-refractivity contribution in [2.75, 3.05) is 13.1 Å². The number of fused-ring (bicyclic) bond motifs is 1. The molecule has 1 amide bonds. The Morgan fingerprint density at radius 1 is 1.08 bits per heavy atom. The van der Waals surface area contributed by atoms with Crippen LogP contribution in [0.5, 0.6) is 5.75 Å². The van der Waals surface area contributed by atoms with Gasteiger partial charge in [0, 0.05) is 31.4 Å². The maximum absolute atomic E-state index is 13.2. The lowest BCUT2D eigenvalue weighted by atomic mass is 9.90. The normalized spacial score (nSPS) is 16.0. The fourth-order valence-corrected chi connectivity index (χ4v) is 5.10. The number of likely N-dealkylation sites (tertiary alicyclic amines) is 1. The van der Waals surface area contributed by atoms with Gasteiger partial charge in [-0.2, -0.15) is 8.78 Å². The van der Waals surface area contributed by atoms with Gasteiger partial charge in [-0.25, -0.2) is 4.98 Å². The number of amides is 1. The molecular formula is C29H30F2N4O4. The van der Waals surface area contributed by atoms with Gasteiger partial charge in [-0.1, -0.05) is 37.3 Å². The molecule has 1 saturated heterocycles. The molecule has 10 heteroatoms. The van der Waals surface area contributed by atoms with E-state index in [2.05, 4.69) is 9.72 Å². The van der Waals surface area contributed by atoms with Gasteiger partial charge in [0.25, 0.3) is 5.56 Å². The van der Waals surface area contributed by atoms with Crippen molar-refractivity contribution in [2.45, 2.75) is 50.9 Å². The number of nitrogens with zero attached hydrogens (tertiary/aromatic N) is 4. The summed E-state index contributed by atoms with van der Waals surface area (Å²) in [6.07, 6.45) is 4.21. The summed E-state index contributed by atoms with van der Waals surface area (Å²) in [7, 11) is 0. The molecule has 0 saturated carbocycles. The van der Waals surface area contributed by atoms with E-state index in [1.165, 1.54) is 23.0 Å². The van der Waals surface area contributed by atoms with Gasteiger partial charge in [-0.15, -0.1) is 0 Å². The Balaban J connectivity index is 1.24. The standard InChI is InChI=1S/C29H30F2N4O4/c1-20(21-5-3-2-4-6-21)17-25(36)33-15-12-29(38,13-16-33)18-34-19-32-26-24(27(34)37)11-14-35(26)22-7-9-23(10-8-22)39-28(30)31/h2-11,14,19-20,28,38H,12-13,15-18H2,1H3/t20-/m1/s1. The third-order valence-electron chi connectivity index (χ3n) is 7.37. The first kappa shape index (κ1) is 26.6. The van der Waals surface area contributed by atoms with Crippen molar-refractivity contribution in [3.63, 3.8) is 0 Å². The molecule has 0 bridgehead atoms. The summed E-state index contributed by atoms with van der Waals surface area (Å²) in [5, 5.41) is 11.6. The first-order chi connectivity index (χ1) is 18.7. The molecule has 1 atom stereocenters. The molecule has 1 N–H and O–H groups in total. The topological polar surface area (TPSA) is 89.6 Å². The molecule has 204 valence electrons. The van der Waals surface area contributed by atoms with Crippen molar-refractivity contribution in [3.05, 3.63) is 89.1 Å². The summed E-state index contributed by atoms with van der Waals surface area (Å²) < 4.78 is 32.3. The SMILES string of the molecule is C[C@H](CC(=O)N1CCC(O)(Cn2cnc3c(ccn3-c3ccc(OC(F)F)cc3)c2=O)CC1)c1ccccc1. The van der Waals surface area contributed by atoms with E-state index >= 15 is 0 Å². The lowest BCUT2D eigenvalue weighted by Crippen LogP contribution is -2.49. The number of alkyl halides is 2. The first-order valence-corrected chi connectivity index (χ1v) is 12.9. The molecule has 1 aliphatic rings. The van der Waals surface area contributed by atoms with Crippen molar-refractivity contribution >= 4 is 16.9 Å². The molecule has 1 aliphatic heterocycles. The number of piperidine rings is 1. The summed E-state index contributed by atoms with van der Waals surface area (Å²) in [6, 6.07) is 17.6. The van der Waals surface area contributed by atoms with Crippen LogP contribution in [0.4, 0.5) is 8.78 Å². The third-order valence-corrected chi connectivity index (χ3v) is 7.37. The minimum Gasteiger partial charge on any atom is -0.435 e. The van der Waals surface area contributed by atoms with Gasteiger partial charge in [0.15, 0.2) is 5.65 Å². The summed E-state index contributed by atoms with van der Waals surface area (Å²) in [6.45, 7) is 0.0375. The van der Waals surface area contributed by atoms with Crippen molar-refractivity contribution in [2.24, 2.45) is 0 Å². The zero-order valence-electron chi connectivity index (χ0n) is 21.5. The van der Waals surface area contributed by atoms with Crippen molar-refractivity contribution in [3.8, 4) is 11.4 Å². The zero-order valence-corrected chi connectivity index (χ0v) is 21.5. The highest BCUT2D eigenvalue weighted by molar-refractivity contribution is 5.77. The molecule has 0 spiro atoms. The number of benzene rings is 2. The van der Waals surface area contributed by atoms with Gasteiger partial charge in [-0.3, -0.25) is 14.2 Å². The monoisotopic (exact) mass is 536 g/mol. The van der Waals surface area contributed by atoms with E-state index in [4.69, 9.17) is 0 Å². The highest BCUT2D eigenvalue weighted by atomic mass is 19.3. The van der Waals surface area contributed by atoms with Crippen LogP contribution in [-0.2, 0) is 11.3 Å². The second-order valence-electron chi connectivity index (χ2n) is 10.1. The number of hydrogen-bond donors (Lipinski definition) is 1. The van der Waals surface area contributed by atoms with Gasteiger partial charge in [0.05, 0.1) is 17.5 Å². The molecule has 0 aliphatic carbocycles. The molecule has 1 fully saturated rings. The molecular weight excluding hydrogens is 506 g/mol. The fraction of sp³-hybridized carbons (Fsp3) is 0.345. The van der Waals surface area contributed by atoms with E-state index < -0.39 is 12.2 Å². The van der Waals surface area contributed by atoms with E-state index in [9.17, 15) is 23.5 Å². The number of carbonyl (C=O) groups excluding carboxylic acids is 1. The lowest BCUT2D eigenvalue weighted by Gasteiger charge is -2.38. The van der Waals surface area contributed by atoms with Crippen LogP contribution in [-0.4, -0.2) is 55.3 Å². The maximum atomic E-state index is 13.2. The number of hydrogen-bond acceptors (Lipinski definition) is 5. The minimum atomic E-state index is -2.91. The Morgan fingerprint density at radius 3 is 2.44 bits per heavy atom. The largest absolute Gasteiger partial charge is 0.435 e. The summed E-state index contributed by atoms with van der Waals surface area (Å²) in [5.74, 6) is 0.197. The van der Waals surface area contributed by atoms with Gasteiger partial charge in [0.2, 0.25) is 5.91 Å². The second-order valence-corrected chi connectivity index (χ2v) is 10.1. The highest BCUT2D eigenvalue weighted by Gasteiger charge is 2.35. The van der Waals surface area contributed by atoms with Gasteiger partial charge >= 0.3 is 6.61 Å². The third kappa shape index (κ3) is 5.85. The first-order valence-electron chi connectivity index (χ1n) is 12.9. The molecule has 0 unspecified atom stereocenters. The Morgan fingerprint density at radius 2 is 1.77 bits per heavy atom. The molecule has 5 rings (SSSR count). The highest BCUT2D eigenvalue weighted by Crippen LogP contribution is 2.27. The molecule has 2 aromatic heterocycles. The average Bonchev–Trinajstić information content (AvgIpc) is 3.36. The van der Waals surface area contributed by atoms with Crippen LogP contribution in [0.15, 0.2) is 78.0 Å². The van der Waals surface area contributed by atoms with E-state index in [1.807, 2.05) is 37.3 Å². The lowest BCUT2D eigenvalue weighted by molar-refractivity contribution is -0.136. The molecule has 4 aromatic rings. The Hall–Kier alpha value is -4.05. The van der Waals surface area contributed by atoms with E-state index in [1.54, 1.807) is 33.9 Å². The summed E-state index contributed by atoms with van der Waals surface area (Å²) in [5.41, 5.74) is 0.741. The predicted octanol–water partition coefficient (Wildman–Crippen LogP) is 4.34. The molecule has 8 nitrogen and oxygen atoms in total. The van der Waals surface area contributed by atoms with E-state index in [0.717, 1.165) is 5.56 Å². The van der Waals surface area contributed by atoms with Gasteiger partial charge in [-0.05, 0) is 54.7 Å². The second kappa shape index (κ2) is 11.0.